The van der Waals surface area contributed by atoms with Crippen molar-refractivity contribution in [3.63, 3.8) is 0 Å². The van der Waals surface area contributed by atoms with Crippen molar-refractivity contribution in [1.29, 1.82) is 0 Å². The van der Waals surface area contributed by atoms with Crippen molar-refractivity contribution in [3.05, 3.63) is 77.6 Å². The quantitative estimate of drug-likeness (QED) is 0.503. The van der Waals surface area contributed by atoms with Crippen LogP contribution in [0.1, 0.15) is 31.9 Å². The van der Waals surface area contributed by atoms with E-state index in [9.17, 15) is 9.50 Å². The van der Waals surface area contributed by atoms with E-state index >= 15 is 0 Å². The number of allylic oxidation sites excluding steroid dienone is 1. The number of halogens is 1. The van der Waals surface area contributed by atoms with Gasteiger partial charge in [-0.25, -0.2) is 4.39 Å². The van der Waals surface area contributed by atoms with Crippen LogP contribution in [-0.4, -0.2) is 17.8 Å². The third-order valence-electron chi connectivity index (χ3n) is 5.43. The van der Waals surface area contributed by atoms with Gasteiger partial charge in [-0.1, -0.05) is 24.3 Å². The van der Waals surface area contributed by atoms with Crippen molar-refractivity contribution >= 4 is 11.3 Å². The first-order chi connectivity index (χ1) is 14.8. The molecule has 160 valence electrons. The minimum absolute atomic E-state index is 0.0831. The smallest absolute Gasteiger partial charge is 0.161 e. The van der Waals surface area contributed by atoms with Gasteiger partial charge in [0.15, 0.2) is 11.5 Å². The molecule has 4 nitrogen and oxygen atoms in total. The van der Waals surface area contributed by atoms with Gasteiger partial charge in [-0.05, 0) is 62.2 Å². The molecule has 0 radical (unpaired) electrons. The number of aromatic hydroxyl groups is 1. The molecule has 3 aromatic carbocycles. The standard InChI is InChI=1S/C26H26FNO3/c1-16-14-26(2,3)28-21-12-11-18(19-10-9-17(27)13-24(19)30-4)20(25(16)21)15-31-23-8-6-5-7-22(23)29/h5-14,28-29H,15H2,1-4H3. The zero-order valence-electron chi connectivity index (χ0n) is 18.1. The summed E-state index contributed by atoms with van der Waals surface area (Å²) < 4.78 is 25.3. The lowest BCUT2D eigenvalue weighted by atomic mass is 9.85. The SMILES string of the molecule is COc1cc(F)ccc1-c1ccc2c(c1COc1ccccc1O)C(C)=CC(C)(C)N2. The second-order valence-corrected chi connectivity index (χ2v) is 8.29. The van der Waals surface area contributed by atoms with Crippen LogP contribution in [0.2, 0.25) is 0 Å². The van der Waals surface area contributed by atoms with Crippen LogP contribution in [0.15, 0.2) is 60.7 Å². The van der Waals surface area contributed by atoms with E-state index in [1.165, 1.54) is 19.2 Å². The molecular formula is C26H26FNO3. The number of anilines is 1. The Hall–Kier alpha value is -3.47. The highest BCUT2D eigenvalue weighted by Gasteiger charge is 2.27. The summed E-state index contributed by atoms with van der Waals surface area (Å²) in [5, 5.41) is 13.7. The van der Waals surface area contributed by atoms with Crippen LogP contribution >= 0.6 is 0 Å². The van der Waals surface area contributed by atoms with E-state index < -0.39 is 0 Å². The molecule has 0 bridgehead atoms. The summed E-state index contributed by atoms with van der Waals surface area (Å²) in [6.07, 6.45) is 2.19. The minimum Gasteiger partial charge on any atom is -0.504 e. The zero-order chi connectivity index (χ0) is 22.2. The number of hydrogen-bond acceptors (Lipinski definition) is 4. The molecule has 3 aromatic rings. The molecular weight excluding hydrogens is 393 g/mol. The Morgan fingerprint density at radius 1 is 1.00 bits per heavy atom. The number of ether oxygens (including phenoxy) is 2. The first kappa shape index (κ1) is 20.8. The number of para-hydroxylation sites is 2. The molecule has 0 saturated heterocycles. The lowest BCUT2D eigenvalue weighted by Crippen LogP contribution is -2.32. The van der Waals surface area contributed by atoms with Gasteiger partial charge in [0.05, 0.1) is 12.6 Å². The highest BCUT2D eigenvalue weighted by molar-refractivity contribution is 5.88. The van der Waals surface area contributed by atoms with Gasteiger partial charge in [-0.15, -0.1) is 0 Å². The predicted molar refractivity (Wildman–Crippen MR) is 122 cm³/mol. The number of phenolic OH excluding ortho intramolecular Hbond substituents is 1. The Morgan fingerprint density at radius 2 is 1.74 bits per heavy atom. The zero-order valence-corrected chi connectivity index (χ0v) is 18.1. The van der Waals surface area contributed by atoms with Gasteiger partial charge in [-0.3, -0.25) is 0 Å². The Morgan fingerprint density at radius 3 is 2.48 bits per heavy atom. The van der Waals surface area contributed by atoms with E-state index in [0.29, 0.717) is 11.5 Å². The van der Waals surface area contributed by atoms with E-state index in [4.69, 9.17) is 9.47 Å². The lowest BCUT2D eigenvalue weighted by Gasteiger charge is -2.33. The molecule has 31 heavy (non-hydrogen) atoms. The van der Waals surface area contributed by atoms with E-state index in [1.54, 1.807) is 24.3 Å². The van der Waals surface area contributed by atoms with Crippen molar-refractivity contribution in [2.45, 2.75) is 32.9 Å². The van der Waals surface area contributed by atoms with Gasteiger partial charge in [0.1, 0.15) is 18.2 Å². The van der Waals surface area contributed by atoms with Crippen molar-refractivity contribution in [1.82, 2.24) is 0 Å². The first-order valence-electron chi connectivity index (χ1n) is 10.2. The summed E-state index contributed by atoms with van der Waals surface area (Å²) in [5.41, 5.74) is 5.59. The summed E-state index contributed by atoms with van der Waals surface area (Å²) in [4.78, 5) is 0. The molecule has 0 aliphatic carbocycles. The number of fused-ring (bicyclic) bond motifs is 1. The highest BCUT2D eigenvalue weighted by Crippen LogP contribution is 2.43. The van der Waals surface area contributed by atoms with Crippen molar-refractivity contribution in [3.8, 4) is 28.4 Å². The van der Waals surface area contributed by atoms with E-state index in [-0.39, 0.29) is 23.7 Å². The fraction of sp³-hybridized carbons (Fsp3) is 0.231. The van der Waals surface area contributed by atoms with Gasteiger partial charge >= 0.3 is 0 Å². The Bertz CT molecular complexity index is 1170. The molecule has 0 atom stereocenters. The largest absolute Gasteiger partial charge is 0.504 e. The maximum absolute atomic E-state index is 13.8. The molecule has 1 aliphatic rings. The molecule has 4 rings (SSSR count). The minimum atomic E-state index is -0.356. The normalized spacial score (nSPS) is 14.3. The molecule has 0 spiro atoms. The number of nitrogens with one attached hydrogen (secondary N) is 1. The molecule has 0 unspecified atom stereocenters. The number of hydrogen-bond donors (Lipinski definition) is 2. The molecule has 2 N–H and O–H groups in total. The van der Waals surface area contributed by atoms with Crippen molar-refractivity contribution in [2.24, 2.45) is 0 Å². The van der Waals surface area contributed by atoms with Gasteiger partial charge < -0.3 is 19.9 Å². The van der Waals surface area contributed by atoms with Gasteiger partial charge in [0.25, 0.3) is 0 Å². The summed E-state index contributed by atoms with van der Waals surface area (Å²) in [5.74, 6) is 0.585. The Kier molecular flexibility index (Phi) is 5.36. The third-order valence-corrected chi connectivity index (χ3v) is 5.43. The molecule has 1 aliphatic heterocycles. The number of phenols is 1. The van der Waals surface area contributed by atoms with Gasteiger partial charge in [0, 0.05) is 28.4 Å². The van der Waals surface area contributed by atoms with E-state index in [1.807, 2.05) is 18.2 Å². The Balaban J connectivity index is 1.88. The summed E-state index contributed by atoms with van der Waals surface area (Å²) in [7, 11) is 1.53. The van der Waals surface area contributed by atoms with Gasteiger partial charge in [0.2, 0.25) is 0 Å². The van der Waals surface area contributed by atoms with Crippen LogP contribution in [0.4, 0.5) is 10.1 Å². The van der Waals surface area contributed by atoms with Crippen LogP contribution in [0.3, 0.4) is 0 Å². The van der Waals surface area contributed by atoms with Crippen LogP contribution in [0, 0.1) is 5.82 Å². The maximum Gasteiger partial charge on any atom is 0.161 e. The topological polar surface area (TPSA) is 50.7 Å². The second-order valence-electron chi connectivity index (χ2n) is 8.29. The molecule has 0 amide bonds. The highest BCUT2D eigenvalue weighted by atomic mass is 19.1. The summed E-state index contributed by atoms with van der Waals surface area (Å²) in [6, 6.07) is 15.5. The van der Waals surface area contributed by atoms with E-state index in [2.05, 4.69) is 32.2 Å². The average molecular weight is 419 g/mol. The third kappa shape index (κ3) is 4.08. The fourth-order valence-corrected chi connectivity index (χ4v) is 4.22. The van der Waals surface area contributed by atoms with Crippen molar-refractivity contribution in [2.75, 3.05) is 12.4 Å². The molecule has 0 fully saturated rings. The van der Waals surface area contributed by atoms with E-state index in [0.717, 1.165) is 33.5 Å². The number of benzene rings is 3. The molecule has 1 heterocycles. The second kappa shape index (κ2) is 7.99. The number of rotatable bonds is 5. The molecule has 0 aromatic heterocycles. The first-order valence-corrected chi connectivity index (χ1v) is 10.2. The Labute approximate surface area is 182 Å². The summed E-state index contributed by atoms with van der Waals surface area (Å²) in [6.45, 7) is 6.55. The average Bonchev–Trinajstić information content (AvgIpc) is 2.72. The maximum atomic E-state index is 13.8. The molecule has 5 heteroatoms. The predicted octanol–water partition coefficient (Wildman–Crippen LogP) is 6.39. The molecule has 0 saturated carbocycles. The van der Waals surface area contributed by atoms with Crippen LogP contribution < -0.4 is 14.8 Å². The fourth-order valence-electron chi connectivity index (χ4n) is 4.22. The monoisotopic (exact) mass is 419 g/mol. The summed E-state index contributed by atoms with van der Waals surface area (Å²) >= 11 is 0. The van der Waals surface area contributed by atoms with Crippen LogP contribution in [-0.2, 0) is 6.61 Å². The number of methoxy groups -OCH3 is 1. The van der Waals surface area contributed by atoms with Crippen LogP contribution in [0.25, 0.3) is 16.7 Å². The lowest BCUT2D eigenvalue weighted by molar-refractivity contribution is 0.289. The van der Waals surface area contributed by atoms with Gasteiger partial charge in [-0.2, -0.15) is 0 Å². The van der Waals surface area contributed by atoms with Crippen LogP contribution in [0.5, 0.6) is 17.2 Å². The van der Waals surface area contributed by atoms with Crippen molar-refractivity contribution < 1.29 is 19.0 Å².